The highest BCUT2D eigenvalue weighted by molar-refractivity contribution is 7.99. The largest absolute Gasteiger partial charge is 0.354 e. The smallest absolute Gasteiger partial charge is 0.257 e. The minimum Gasteiger partial charge on any atom is -0.354 e. The molecule has 1 aliphatic rings. The van der Waals surface area contributed by atoms with Crippen LogP contribution in [-0.2, 0) is 0 Å². The van der Waals surface area contributed by atoms with Crippen LogP contribution >= 0.6 is 11.8 Å². The Bertz CT molecular complexity index is 996. The summed E-state index contributed by atoms with van der Waals surface area (Å²) >= 11 is 1.90. The Kier molecular flexibility index (Phi) is 5.03. The van der Waals surface area contributed by atoms with Crippen molar-refractivity contribution in [1.82, 2.24) is 9.88 Å². The number of rotatable bonds is 3. The van der Waals surface area contributed by atoms with E-state index in [1.54, 1.807) is 6.20 Å². The maximum absolute atomic E-state index is 13.2. The number of nitrogens with zero attached hydrogens (tertiary/aromatic N) is 2. The fourth-order valence-corrected chi connectivity index (χ4v) is 4.24. The monoisotopic (exact) mass is 377 g/mol. The number of benzene rings is 2. The Morgan fingerprint density at radius 2 is 1.85 bits per heavy atom. The second-order valence-corrected chi connectivity index (χ2v) is 8.12. The molecule has 1 aromatic heterocycles. The molecule has 138 valence electrons. The quantitative estimate of drug-likeness (QED) is 0.713. The second-order valence-electron chi connectivity index (χ2n) is 6.89. The molecule has 0 aliphatic carbocycles. The van der Waals surface area contributed by atoms with Gasteiger partial charge < -0.3 is 10.2 Å². The van der Waals surface area contributed by atoms with Crippen molar-refractivity contribution < 1.29 is 4.79 Å². The molecule has 1 aliphatic heterocycles. The molecule has 0 radical (unpaired) electrons. The van der Waals surface area contributed by atoms with Crippen molar-refractivity contribution >= 4 is 39.9 Å². The number of pyridine rings is 1. The Hall–Kier alpha value is -2.53. The highest BCUT2D eigenvalue weighted by Gasteiger charge is 2.23. The highest BCUT2D eigenvalue weighted by atomic mass is 32.2. The summed E-state index contributed by atoms with van der Waals surface area (Å²) in [6.45, 7) is 5.78. The average molecular weight is 378 g/mol. The SMILES string of the molecule is Cc1ccc(Nc2c(C(=O)N3CCSCC3)cnc3ccccc23)cc1C. The topological polar surface area (TPSA) is 45.2 Å². The van der Waals surface area contributed by atoms with Gasteiger partial charge in [0.05, 0.1) is 16.8 Å². The van der Waals surface area contributed by atoms with E-state index in [-0.39, 0.29) is 5.91 Å². The molecule has 1 saturated heterocycles. The maximum Gasteiger partial charge on any atom is 0.257 e. The van der Waals surface area contributed by atoms with Crippen LogP contribution in [0.5, 0.6) is 0 Å². The van der Waals surface area contributed by atoms with Crippen molar-refractivity contribution in [2.75, 3.05) is 29.9 Å². The van der Waals surface area contributed by atoms with Crippen LogP contribution < -0.4 is 5.32 Å². The molecule has 1 amide bonds. The average Bonchev–Trinajstić information content (AvgIpc) is 2.71. The summed E-state index contributed by atoms with van der Waals surface area (Å²) in [6, 6.07) is 14.2. The van der Waals surface area contributed by atoms with E-state index in [9.17, 15) is 4.79 Å². The Morgan fingerprint density at radius 1 is 1.07 bits per heavy atom. The molecule has 1 N–H and O–H groups in total. The lowest BCUT2D eigenvalue weighted by molar-refractivity contribution is 0.0773. The van der Waals surface area contributed by atoms with Gasteiger partial charge in [0, 0.05) is 41.9 Å². The Balaban J connectivity index is 1.79. The Morgan fingerprint density at radius 3 is 2.63 bits per heavy atom. The molecular formula is C22H23N3OS. The summed E-state index contributed by atoms with van der Waals surface area (Å²) in [6.07, 6.45) is 1.72. The van der Waals surface area contributed by atoms with Gasteiger partial charge >= 0.3 is 0 Å². The zero-order valence-corrected chi connectivity index (χ0v) is 16.5. The van der Waals surface area contributed by atoms with Crippen LogP contribution in [0.2, 0.25) is 0 Å². The van der Waals surface area contributed by atoms with E-state index < -0.39 is 0 Å². The zero-order chi connectivity index (χ0) is 18.8. The lowest BCUT2D eigenvalue weighted by Crippen LogP contribution is -2.38. The minimum atomic E-state index is 0.0555. The van der Waals surface area contributed by atoms with Gasteiger partial charge in [-0.05, 0) is 43.2 Å². The number of para-hydroxylation sites is 1. The molecule has 0 bridgehead atoms. The van der Waals surface area contributed by atoms with Crippen LogP contribution in [0, 0.1) is 13.8 Å². The van der Waals surface area contributed by atoms with Gasteiger partial charge in [-0.2, -0.15) is 11.8 Å². The van der Waals surface area contributed by atoms with Crippen LogP contribution in [0.15, 0.2) is 48.7 Å². The third-order valence-electron chi connectivity index (χ3n) is 5.08. The molecule has 27 heavy (non-hydrogen) atoms. The fourth-order valence-electron chi connectivity index (χ4n) is 3.34. The molecule has 1 fully saturated rings. The molecule has 0 saturated carbocycles. The van der Waals surface area contributed by atoms with E-state index >= 15 is 0 Å². The molecule has 5 heteroatoms. The summed E-state index contributed by atoms with van der Waals surface area (Å²) in [5.74, 6) is 2.04. The summed E-state index contributed by atoms with van der Waals surface area (Å²) in [5, 5.41) is 4.48. The van der Waals surface area contributed by atoms with Crippen LogP contribution in [-0.4, -0.2) is 40.4 Å². The Labute approximate surface area is 164 Å². The minimum absolute atomic E-state index is 0.0555. The van der Waals surface area contributed by atoms with E-state index in [2.05, 4.69) is 42.3 Å². The van der Waals surface area contributed by atoms with Crippen LogP contribution in [0.1, 0.15) is 21.5 Å². The molecule has 0 spiro atoms. The molecule has 2 aromatic carbocycles. The van der Waals surface area contributed by atoms with Crippen molar-refractivity contribution in [2.45, 2.75) is 13.8 Å². The lowest BCUT2D eigenvalue weighted by Gasteiger charge is -2.27. The number of aryl methyl sites for hydroxylation is 2. The van der Waals surface area contributed by atoms with Crippen LogP contribution in [0.25, 0.3) is 10.9 Å². The zero-order valence-electron chi connectivity index (χ0n) is 15.7. The van der Waals surface area contributed by atoms with E-state index in [4.69, 9.17) is 0 Å². The van der Waals surface area contributed by atoms with E-state index in [1.165, 1.54) is 11.1 Å². The predicted octanol–water partition coefficient (Wildman–Crippen LogP) is 4.78. The van der Waals surface area contributed by atoms with Crippen LogP contribution in [0.3, 0.4) is 0 Å². The standard InChI is InChI=1S/C22H23N3OS/c1-15-7-8-17(13-16(15)2)24-21-18-5-3-4-6-20(18)23-14-19(21)22(26)25-9-11-27-12-10-25/h3-8,13-14H,9-12H2,1-2H3,(H,23,24). The molecule has 0 unspecified atom stereocenters. The van der Waals surface area contributed by atoms with Crippen molar-refractivity contribution in [1.29, 1.82) is 0 Å². The molecule has 3 aromatic rings. The van der Waals surface area contributed by atoms with Gasteiger partial charge in [0.15, 0.2) is 0 Å². The summed E-state index contributed by atoms with van der Waals surface area (Å²) in [4.78, 5) is 19.7. The maximum atomic E-state index is 13.2. The van der Waals surface area contributed by atoms with Crippen molar-refractivity contribution in [3.63, 3.8) is 0 Å². The fraction of sp³-hybridized carbons (Fsp3) is 0.273. The molecule has 4 nitrogen and oxygen atoms in total. The summed E-state index contributed by atoms with van der Waals surface area (Å²) < 4.78 is 0. The molecule has 2 heterocycles. The number of aromatic nitrogens is 1. The van der Waals surface area contributed by atoms with Gasteiger partial charge in [-0.15, -0.1) is 0 Å². The van der Waals surface area contributed by atoms with E-state index in [1.807, 2.05) is 40.9 Å². The number of thioether (sulfide) groups is 1. The van der Waals surface area contributed by atoms with Crippen molar-refractivity contribution in [3.8, 4) is 0 Å². The number of carbonyl (C=O) groups is 1. The third kappa shape index (κ3) is 3.65. The van der Waals surface area contributed by atoms with E-state index in [0.717, 1.165) is 46.9 Å². The second kappa shape index (κ2) is 7.61. The molecule has 0 atom stereocenters. The highest BCUT2D eigenvalue weighted by Crippen LogP contribution is 2.31. The third-order valence-corrected chi connectivity index (χ3v) is 6.02. The first-order valence-electron chi connectivity index (χ1n) is 9.22. The van der Waals surface area contributed by atoms with Gasteiger partial charge in [-0.1, -0.05) is 24.3 Å². The number of carbonyl (C=O) groups excluding carboxylic acids is 1. The number of nitrogens with one attached hydrogen (secondary N) is 1. The van der Waals surface area contributed by atoms with Gasteiger partial charge in [-0.3, -0.25) is 9.78 Å². The number of anilines is 2. The number of amides is 1. The van der Waals surface area contributed by atoms with Crippen LogP contribution in [0.4, 0.5) is 11.4 Å². The first-order chi connectivity index (χ1) is 13.1. The molecule has 4 rings (SSSR count). The number of fused-ring (bicyclic) bond motifs is 1. The first kappa shape index (κ1) is 17.9. The van der Waals surface area contributed by atoms with E-state index in [0.29, 0.717) is 5.56 Å². The van der Waals surface area contributed by atoms with Gasteiger partial charge in [0.2, 0.25) is 0 Å². The van der Waals surface area contributed by atoms with Crippen molar-refractivity contribution in [2.24, 2.45) is 0 Å². The van der Waals surface area contributed by atoms with Crippen molar-refractivity contribution in [3.05, 3.63) is 65.4 Å². The predicted molar refractivity (Wildman–Crippen MR) is 114 cm³/mol. The lowest BCUT2D eigenvalue weighted by atomic mass is 10.1. The first-order valence-corrected chi connectivity index (χ1v) is 10.4. The van der Waals surface area contributed by atoms with Gasteiger partial charge in [0.1, 0.15) is 0 Å². The number of hydrogen-bond acceptors (Lipinski definition) is 4. The normalized spacial score (nSPS) is 14.4. The molecular weight excluding hydrogens is 354 g/mol. The summed E-state index contributed by atoms with van der Waals surface area (Å²) in [5.41, 5.74) is 5.82. The summed E-state index contributed by atoms with van der Waals surface area (Å²) in [7, 11) is 0. The van der Waals surface area contributed by atoms with Gasteiger partial charge in [-0.25, -0.2) is 0 Å². The number of hydrogen-bond donors (Lipinski definition) is 1. The van der Waals surface area contributed by atoms with Gasteiger partial charge in [0.25, 0.3) is 5.91 Å².